The zero-order valence-electron chi connectivity index (χ0n) is 18.2. The molecule has 29 heavy (non-hydrogen) atoms. The molecule has 0 bridgehead atoms. The number of piperazine rings is 1. The Morgan fingerprint density at radius 3 is 2.31 bits per heavy atom. The molecule has 1 fully saturated rings. The quantitative estimate of drug-likeness (QED) is 0.684. The van der Waals surface area contributed by atoms with Crippen molar-refractivity contribution in [3.8, 4) is 5.75 Å². The number of nitrogens with zero attached hydrogens (tertiary/aromatic N) is 4. The number of carbonyl (C=O) groups excluding carboxylic acids is 1. The first-order valence-electron chi connectivity index (χ1n) is 10.7. The molecule has 0 radical (unpaired) electrons. The van der Waals surface area contributed by atoms with E-state index in [1.165, 1.54) is 5.56 Å². The first-order valence-corrected chi connectivity index (χ1v) is 10.7. The summed E-state index contributed by atoms with van der Waals surface area (Å²) in [5, 5.41) is 0. The van der Waals surface area contributed by atoms with E-state index in [0.717, 1.165) is 50.8 Å². The van der Waals surface area contributed by atoms with Crippen LogP contribution in [0.3, 0.4) is 0 Å². The van der Waals surface area contributed by atoms with E-state index in [1.807, 2.05) is 23.2 Å². The Morgan fingerprint density at radius 2 is 1.69 bits per heavy atom. The van der Waals surface area contributed by atoms with Crippen LogP contribution in [0.2, 0.25) is 0 Å². The number of rotatable bonds is 8. The van der Waals surface area contributed by atoms with Crippen LogP contribution >= 0.6 is 0 Å². The molecule has 3 rings (SSSR count). The maximum atomic E-state index is 12.5. The zero-order chi connectivity index (χ0) is 20.8. The van der Waals surface area contributed by atoms with Crippen molar-refractivity contribution < 1.29 is 9.53 Å². The molecule has 0 spiro atoms. The highest BCUT2D eigenvalue weighted by Crippen LogP contribution is 2.18. The summed E-state index contributed by atoms with van der Waals surface area (Å²) in [6.07, 6.45) is 3.93. The average Bonchev–Trinajstić information content (AvgIpc) is 3.20. The third kappa shape index (κ3) is 5.82. The summed E-state index contributed by atoms with van der Waals surface area (Å²) in [5.74, 6) is 2.88. The second-order valence-electron chi connectivity index (χ2n) is 8.37. The minimum atomic E-state index is 0.0642. The molecule has 1 amide bonds. The second kappa shape index (κ2) is 9.92. The number of amides is 1. The molecule has 1 saturated heterocycles. The molecule has 0 aliphatic carbocycles. The molecule has 2 heterocycles. The van der Waals surface area contributed by atoms with Gasteiger partial charge in [-0.25, -0.2) is 4.98 Å². The molecule has 1 aliphatic rings. The number of benzene rings is 1. The molecular formula is C23H34N4O2. The van der Waals surface area contributed by atoms with Gasteiger partial charge in [0, 0.05) is 57.6 Å². The van der Waals surface area contributed by atoms with Gasteiger partial charge in [0.15, 0.2) is 6.61 Å². The summed E-state index contributed by atoms with van der Waals surface area (Å²) in [6, 6.07) is 8.02. The van der Waals surface area contributed by atoms with Crippen LogP contribution in [0.25, 0.3) is 0 Å². The summed E-state index contributed by atoms with van der Waals surface area (Å²) in [4.78, 5) is 21.3. The fraction of sp³-hybridized carbons (Fsp3) is 0.565. The minimum absolute atomic E-state index is 0.0642. The van der Waals surface area contributed by atoms with E-state index in [-0.39, 0.29) is 12.5 Å². The number of ether oxygens (including phenoxy) is 1. The van der Waals surface area contributed by atoms with Gasteiger partial charge < -0.3 is 14.2 Å². The van der Waals surface area contributed by atoms with E-state index >= 15 is 0 Å². The van der Waals surface area contributed by atoms with Gasteiger partial charge in [0.2, 0.25) is 0 Å². The molecule has 0 unspecified atom stereocenters. The standard InChI is InChI=1S/C23H34N4O2/c1-18(2)20-5-7-21(8-6-20)29-17-22(28)26-14-11-25(12-15-26)13-16-27-10-9-24-23(27)19(3)4/h5-10,18-19H,11-17H2,1-4H3. The number of carbonyl (C=O) groups is 1. The predicted octanol–water partition coefficient (Wildman–Crippen LogP) is 3.35. The van der Waals surface area contributed by atoms with Crippen LogP contribution in [0.1, 0.15) is 50.9 Å². The molecule has 0 saturated carbocycles. The number of imidazole rings is 1. The Kier molecular flexibility index (Phi) is 7.31. The molecule has 1 aromatic heterocycles. The maximum absolute atomic E-state index is 12.5. The summed E-state index contributed by atoms with van der Waals surface area (Å²) in [6.45, 7) is 14.0. The molecule has 0 N–H and O–H groups in total. The second-order valence-corrected chi connectivity index (χ2v) is 8.37. The van der Waals surface area contributed by atoms with E-state index in [9.17, 15) is 4.79 Å². The fourth-order valence-corrected chi connectivity index (χ4v) is 3.67. The smallest absolute Gasteiger partial charge is 0.260 e. The third-order valence-corrected chi connectivity index (χ3v) is 5.56. The predicted molar refractivity (Wildman–Crippen MR) is 115 cm³/mol. The Labute approximate surface area is 174 Å². The Hall–Kier alpha value is -2.34. The van der Waals surface area contributed by atoms with Crippen molar-refractivity contribution >= 4 is 5.91 Å². The highest BCUT2D eigenvalue weighted by atomic mass is 16.5. The van der Waals surface area contributed by atoms with E-state index < -0.39 is 0 Å². The van der Waals surface area contributed by atoms with E-state index in [1.54, 1.807) is 0 Å². The van der Waals surface area contributed by atoms with Crippen LogP contribution < -0.4 is 4.74 Å². The van der Waals surface area contributed by atoms with E-state index in [4.69, 9.17) is 4.74 Å². The van der Waals surface area contributed by atoms with Crippen molar-refractivity contribution in [1.82, 2.24) is 19.4 Å². The molecule has 0 atom stereocenters. The van der Waals surface area contributed by atoms with Crippen molar-refractivity contribution in [3.05, 3.63) is 48.0 Å². The summed E-state index contributed by atoms with van der Waals surface area (Å²) >= 11 is 0. The molecule has 1 aromatic carbocycles. The first-order chi connectivity index (χ1) is 13.9. The Bertz CT molecular complexity index is 774. The maximum Gasteiger partial charge on any atom is 0.260 e. The van der Waals surface area contributed by atoms with Gasteiger partial charge in [0.05, 0.1) is 0 Å². The van der Waals surface area contributed by atoms with Gasteiger partial charge in [-0.05, 0) is 23.6 Å². The molecule has 1 aliphatic heterocycles. The van der Waals surface area contributed by atoms with Crippen LogP contribution in [-0.4, -0.2) is 64.6 Å². The van der Waals surface area contributed by atoms with Crippen molar-refractivity contribution in [3.63, 3.8) is 0 Å². The highest BCUT2D eigenvalue weighted by molar-refractivity contribution is 5.77. The number of hydrogen-bond acceptors (Lipinski definition) is 4. The topological polar surface area (TPSA) is 50.6 Å². The lowest BCUT2D eigenvalue weighted by Crippen LogP contribution is -2.50. The molecule has 2 aromatic rings. The highest BCUT2D eigenvalue weighted by Gasteiger charge is 2.21. The molecule has 6 nitrogen and oxygen atoms in total. The van der Waals surface area contributed by atoms with Crippen molar-refractivity contribution in [2.75, 3.05) is 39.3 Å². The van der Waals surface area contributed by atoms with Crippen molar-refractivity contribution in [1.29, 1.82) is 0 Å². The molecular weight excluding hydrogens is 364 g/mol. The SMILES string of the molecule is CC(C)c1ccc(OCC(=O)N2CCN(CCn3ccnc3C(C)C)CC2)cc1. The van der Waals surface area contributed by atoms with Gasteiger partial charge in [-0.2, -0.15) is 0 Å². The van der Waals surface area contributed by atoms with Crippen LogP contribution in [-0.2, 0) is 11.3 Å². The lowest BCUT2D eigenvalue weighted by molar-refractivity contribution is -0.135. The lowest BCUT2D eigenvalue weighted by Gasteiger charge is -2.34. The number of hydrogen-bond donors (Lipinski definition) is 0. The van der Waals surface area contributed by atoms with Gasteiger partial charge in [0.1, 0.15) is 11.6 Å². The number of aromatic nitrogens is 2. The van der Waals surface area contributed by atoms with Crippen LogP contribution in [0, 0.1) is 0 Å². The monoisotopic (exact) mass is 398 g/mol. The Morgan fingerprint density at radius 1 is 1.00 bits per heavy atom. The van der Waals surface area contributed by atoms with Gasteiger partial charge in [-0.15, -0.1) is 0 Å². The van der Waals surface area contributed by atoms with Gasteiger partial charge in [0.25, 0.3) is 5.91 Å². The third-order valence-electron chi connectivity index (χ3n) is 5.56. The van der Waals surface area contributed by atoms with Crippen LogP contribution in [0.15, 0.2) is 36.7 Å². The van der Waals surface area contributed by atoms with Crippen molar-refractivity contribution in [2.24, 2.45) is 0 Å². The minimum Gasteiger partial charge on any atom is -0.484 e. The van der Waals surface area contributed by atoms with Gasteiger partial charge in [-0.3, -0.25) is 9.69 Å². The average molecular weight is 399 g/mol. The van der Waals surface area contributed by atoms with Crippen LogP contribution in [0.5, 0.6) is 5.75 Å². The normalized spacial score (nSPS) is 15.3. The van der Waals surface area contributed by atoms with Crippen molar-refractivity contribution in [2.45, 2.75) is 46.1 Å². The summed E-state index contributed by atoms with van der Waals surface area (Å²) in [7, 11) is 0. The fourth-order valence-electron chi connectivity index (χ4n) is 3.67. The van der Waals surface area contributed by atoms with E-state index in [2.05, 4.69) is 60.5 Å². The zero-order valence-corrected chi connectivity index (χ0v) is 18.2. The van der Waals surface area contributed by atoms with Crippen LogP contribution in [0.4, 0.5) is 0 Å². The van der Waals surface area contributed by atoms with Gasteiger partial charge in [-0.1, -0.05) is 39.8 Å². The summed E-state index contributed by atoms with van der Waals surface area (Å²) in [5.41, 5.74) is 1.27. The lowest BCUT2D eigenvalue weighted by atomic mass is 10.0. The largest absolute Gasteiger partial charge is 0.484 e. The Balaban J connectivity index is 1.39. The van der Waals surface area contributed by atoms with E-state index in [0.29, 0.717) is 11.8 Å². The van der Waals surface area contributed by atoms with Gasteiger partial charge >= 0.3 is 0 Å². The molecule has 158 valence electrons. The summed E-state index contributed by atoms with van der Waals surface area (Å²) < 4.78 is 7.94. The molecule has 6 heteroatoms. The first kappa shape index (κ1) is 21.4.